The quantitative estimate of drug-likeness (QED) is 0.739. The summed E-state index contributed by atoms with van der Waals surface area (Å²) in [6.07, 6.45) is 3.63. The van der Waals surface area contributed by atoms with Gasteiger partial charge in [0.1, 0.15) is 0 Å². The zero-order valence-corrected chi connectivity index (χ0v) is 10.4. The van der Waals surface area contributed by atoms with Gasteiger partial charge in [0.15, 0.2) is 0 Å². The minimum atomic E-state index is -0.144. The van der Waals surface area contributed by atoms with Crippen LogP contribution < -0.4 is 5.32 Å². The van der Waals surface area contributed by atoms with Gasteiger partial charge in [-0.05, 0) is 30.9 Å². The number of aliphatic hydroxyl groups excluding tert-OH is 1. The van der Waals surface area contributed by atoms with E-state index in [1.165, 1.54) is 6.20 Å². The van der Waals surface area contributed by atoms with Crippen molar-refractivity contribution in [3.05, 3.63) is 29.6 Å². The summed E-state index contributed by atoms with van der Waals surface area (Å²) in [5.74, 6) is 0.555. The zero-order valence-electron chi connectivity index (χ0n) is 10.4. The third-order valence-electron chi connectivity index (χ3n) is 2.48. The van der Waals surface area contributed by atoms with E-state index >= 15 is 0 Å². The van der Waals surface area contributed by atoms with E-state index in [1.807, 2.05) is 0 Å². The van der Waals surface area contributed by atoms with Crippen molar-refractivity contribution in [1.29, 1.82) is 0 Å². The van der Waals surface area contributed by atoms with E-state index in [4.69, 9.17) is 5.11 Å². The lowest BCUT2D eigenvalue weighted by Crippen LogP contribution is -2.24. The maximum atomic E-state index is 11.7. The third kappa shape index (κ3) is 4.95. The van der Waals surface area contributed by atoms with Crippen LogP contribution in [0.25, 0.3) is 0 Å². The summed E-state index contributed by atoms with van der Waals surface area (Å²) in [7, 11) is 0. The van der Waals surface area contributed by atoms with Crippen molar-refractivity contribution in [2.24, 2.45) is 5.92 Å². The molecule has 0 radical (unpaired) electrons. The lowest BCUT2D eigenvalue weighted by atomic mass is 10.1. The minimum absolute atomic E-state index is 0.106. The Kier molecular flexibility index (Phi) is 5.63. The molecule has 4 nitrogen and oxygen atoms in total. The molecule has 0 spiro atoms. The number of aliphatic hydroxyl groups is 1. The second-order valence-corrected chi connectivity index (χ2v) is 4.49. The Morgan fingerprint density at radius 2 is 2.29 bits per heavy atom. The van der Waals surface area contributed by atoms with Gasteiger partial charge in [0.25, 0.3) is 5.91 Å². The van der Waals surface area contributed by atoms with Gasteiger partial charge < -0.3 is 10.4 Å². The fraction of sp³-hybridized carbons (Fsp3) is 0.538. The predicted molar refractivity (Wildman–Crippen MR) is 66.6 cm³/mol. The van der Waals surface area contributed by atoms with Gasteiger partial charge in [0.2, 0.25) is 0 Å². The van der Waals surface area contributed by atoms with Gasteiger partial charge in [-0.2, -0.15) is 0 Å². The van der Waals surface area contributed by atoms with Gasteiger partial charge in [-0.25, -0.2) is 0 Å². The van der Waals surface area contributed by atoms with Crippen molar-refractivity contribution < 1.29 is 9.90 Å². The zero-order chi connectivity index (χ0) is 12.7. The summed E-state index contributed by atoms with van der Waals surface area (Å²) >= 11 is 0. The van der Waals surface area contributed by atoms with Gasteiger partial charge in [-0.15, -0.1) is 0 Å². The number of nitrogens with zero attached hydrogens (tertiary/aromatic N) is 1. The molecule has 1 aromatic rings. The molecule has 0 saturated heterocycles. The Balaban J connectivity index is 2.41. The molecule has 0 aliphatic carbocycles. The number of pyridine rings is 1. The summed E-state index contributed by atoms with van der Waals surface area (Å²) in [5.41, 5.74) is 1.06. The highest BCUT2D eigenvalue weighted by Gasteiger charge is 2.05. The standard InChI is InChI=1S/C13H20N2O2/c1-10(2)4-3-6-15-13(17)11-5-7-14-12(8-11)9-16/h5,7-8,10,16H,3-4,6,9H2,1-2H3,(H,15,17). The molecule has 2 N–H and O–H groups in total. The van der Waals surface area contributed by atoms with Gasteiger partial charge in [-0.3, -0.25) is 9.78 Å². The number of aromatic nitrogens is 1. The van der Waals surface area contributed by atoms with Crippen molar-refractivity contribution in [3.8, 4) is 0 Å². The Labute approximate surface area is 102 Å². The molecule has 1 aromatic heterocycles. The van der Waals surface area contributed by atoms with Gasteiger partial charge in [0.05, 0.1) is 12.3 Å². The molecule has 0 saturated carbocycles. The number of hydrogen-bond donors (Lipinski definition) is 2. The van der Waals surface area contributed by atoms with Crippen molar-refractivity contribution in [1.82, 2.24) is 10.3 Å². The first-order valence-corrected chi connectivity index (χ1v) is 5.97. The third-order valence-corrected chi connectivity index (χ3v) is 2.48. The van der Waals surface area contributed by atoms with Crippen LogP contribution in [-0.4, -0.2) is 22.5 Å². The summed E-state index contributed by atoms with van der Waals surface area (Å²) < 4.78 is 0. The Morgan fingerprint density at radius 1 is 1.53 bits per heavy atom. The van der Waals surface area contributed by atoms with Gasteiger partial charge in [0, 0.05) is 18.3 Å². The van der Waals surface area contributed by atoms with Crippen molar-refractivity contribution >= 4 is 5.91 Å². The lowest BCUT2D eigenvalue weighted by Gasteiger charge is -2.07. The van der Waals surface area contributed by atoms with E-state index in [0.29, 0.717) is 23.7 Å². The van der Waals surface area contributed by atoms with Crippen LogP contribution in [0.15, 0.2) is 18.3 Å². The van der Waals surface area contributed by atoms with Crippen LogP contribution in [-0.2, 0) is 6.61 Å². The molecule has 1 rings (SSSR count). The van der Waals surface area contributed by atoms with E-state index < -0.39 is 0 Å². The van der Waals surface area contributed by atoms with Crippen LogP contribution in [0.3, 0.4) is 0 Å². The Bertz CT molecular complexity index is 364. The first kappa shape index (κ1) is 13.6. The molecule has 94 valence electrons. The van der Waals surface area contributed by atoms with Gasteiger partial charge >= 0.3 is 0 Å². The molecule has 0 aliphatic rings. The van der Waals surface area contributed by atoms with Crippen LogP contribution in [0, 0.1) is 5.92 Å². The number of carbonyl (C=O) groups is 1. The van der Waals surface area contributed by atoms with Crippen LogP contribution in [0.2, 0.25) is 0 Å². The molecular formula is C13H20N2O2. The summed E-state index contributed by atoms with van der Waals surface area (Å²) in [6, 6.07) is 3.26. The molecular weight excluding hydrogens is 216 g/mol. The second kappa shape index (κ2) is 7.01. The molecule has 1 heterocycles. The molecule has 0 bridgehead atoms. The van der Waals surface area contributed by atoms with E-state index in [-0.39, 0.29) is 12.5 Å². The van der Waals surface area contributed by atoms with Crippen molar-refractivity contribution in [3.63, 3.8) is 0 Å². The summed E-state index contributed by atoms with van der Waals surface area (Å²) in [5, 5.41) is 11.8. The monoisotopic (exact) mass is 236 g/mol. The number of nitrogens with one attached hydrogen (secondary N) is 1. The molecule has 17 heavy (non-hydrogen) atoms. The fourth-order valence-corrected chi connectivity index (χ4v) is 1.52. The van der Waals surface area contributed by atoms with E-state index in [0.717, 1.165) is 12.8 Å². The smallest absolute Gasteiger partial charge is 0.251 e. The summed E-state index contributed by atoms with van der Waals surface area (Å²) in [4.78, 5) is 15.7. The first-order chi connectivity index (χ1) is 8.13. The maximum Gasteiger partial charge on any atom is 0.251 e. The lowest BCUT2D eigenvalue weighted by molar-refractivity contribution is 0.0952. The number of hydrogen-bond acceptors (Lipinski definition) is 3. The number of rotatable bonds is 6. The van der Waals surface area contributed by atoms with Crippen LogP contribution >= 0.6 is 0 Å². The van der Waals surface area contributed by atoms with Crippen LogP contribution in [0.5, 0.6) is 0 Å². The molecule has 4 heteroatoms. The van der Waals surface area contributed by atoms with Gasteiger partial charge in [-0.1, -0.05) is 13.8 Å². The Hall–Kier alpha value is -1.42. The van der Waals surface area contributed by atoms with E-state index in [1.54, 1.807) is 12.1 Å². The minimum Gasteiger partial charge on any atom is -0.390 e. The van der Waals surface area contributed by atoms with Crippen molar-refractivity contribution in [2.45, 2.75) is 33.3 Å². The summed E-state index contributed by atoms with van der Waals surface area (Å²) in [6.45, 7) is 4.87. The second-order valence-electron chi connectivity index (χ2n) is 4.49. The molecule has 0 aliphatic heterocycles. The largest absolute Gasteiger partial charge is 0.390 e. The maximum absolute atomic E-state index is 11.7. The van der Waals surface area contributed by atoms with Crippen LogP contribution in [0.4, 0.5) is 0 Å². The Morgan fingerprint density at radius 3 is 2.94 bits per heavy atom. The van der Waals surface area contributed by atoms with E-state index in [2.05, 4.69) is 24.1 Å². The molecule has 0 aromatic carbocycles. The fourth-order valence-electron chi connectivity index (χ4n) is 1.52. The topological polar surface area (TPSA) is 62.2 Å². The number of carbonyl (C=O) groups excluding carboxylic acids is 1. The molecule has 0 fully saturated rings. The highest BCUT2D eigenvalue weighted by atomic mass is 16.3. The van der Waals surface area contributed by atoms with E-state index in [9.17, 15) is 4.79 Å². The normalized spacial score (nSPS) is 10.6. The predicted octanol–water partition coefficient (Wildman–Crippen LogP) is 1.74. The molecule has 0 unspecified atom stereocenters. The molecule has 0 atom stereocenters. The average Bonchev–Trinajstić information content (AvgIpc) is 2.34. The molecule has 1 amide bonds. The van der Waals surface area contributed by atoms with Crippen molar-refractivity contribution in [2.75, 3.05) is 6.54 Å². The number of amides is 1. The van der Waals surface area contributed by atoms with Crippen LogP contribution in [0.1, 0.15) is 42.7 Å². The first-order valence-electron chi connectivity index (χ1n) is 5.97. The highest BCUT2D eigenvalue weighted by Crippen LogP contribution is 2.04. The highest BCUT2D eigenvalue weighted by molar-refractivity contribution is 5.94. The average molecular weight is 236 g/mol. The SMILES string of the molecule is CC(C)CCCNC(=O)c1ccnc(CO)c1.